The standard InChI is InChI=1S/C23H25N3O4/c1-16-11-13-25(17-9-10-20(29-2)24-15-17)22(27)21(16)23(28)26-12-5-3-4-7-18(26)19-8-6-14-30-19/h6,8-11,13-15,18H,3-5,7,12H2,1-2H3. The Balaban J connectivity index is 1.74. The lowest BCUT2D eigenvalue weighted by Gasteiger charge is -2.29. The Morgan fingerprint density at radius 2 is 2.07 bits per heavy atom. The van der Waals surface area contributed by atoms with Crippen molar-refractivity contribution in [2.75, 3.05) is 13.7 Å². The third-order valence-corrected chi connectivity index (χ3v) is 5.61. The highest BCUT2D eigenvalue weighted by Crippen LogP contribution is 2.31. The number of hydrogen-bond acceptors (Lipinski definition) is 5. The molecular weight excluding hydrogens is 382 g/mol. The average Bonchev–Trinajstić information content (AvgIpc) is 3.18. The van der Waals surface area contributed by atoms with Gasteiger partial charge in [0.2, 0.25) is 5.88 Å². The van der Waals surface area contributed by atoms with E-state index in [9.17, 15) is 9.59 Å². The zero-order valence-corrected chi connectivity index (χ0v) is 17.2. The van der Waals surface area contributed by atoms with Gasteiger partial charge in [0, 0.05) is 18.8 Å². The molecule has 1 saturated heterocycles. The van der Waals surface area contributed by atoms with Gasteiger partial charge >= 0.3 is 0 Å². The number of hydrogen-bond donors (Lipinski definition) is 0. The summed E-state index contributed by atoms with van der Waals surface area (Å²) in [6.45, 7) is 2.40. The monoisotopic (exact) mass is 407 g/mol. The number of likely N-dealkylation sites (tertiary alicyclic amines) is 1. The number of rotatable bonds is 4. The second-order valence-corrected chi connectivity index (χ2v) is 7.49. The van der Waals surface area contributed by atoms with Gasteiger partial charge in [-0.1, -0.05) is 12.8 Å². The van der Waals surface area contributed by atoms with Crippen molar-refractivity contribution in [1.82, 2.24) is 14.5 Å². The minimum Gasteiger partial charge on any atom is -0.481 e. The minimum absolute atomic E-state index is 0.162. The molecule has 3 aromatic rings. The summed E-state index contributed by atoms with van der Waals surface area (Å²) >= 11 is 0. The second kappa shape index (κ2) is 8.57. The summed E-state index contributed by atoms with van der Waals surface area (Å²) in [7, 11) is 1.54. The second-order valence-electron chi connectivity index (χ2n) is 7.49. The van der Waals surface area contributed by atoms with Crippen LogP contribution in [0.4, 0.5) is 0 Å². The maximum atomic E-state index is 13.6. The molecule has 7 heteroatoms. The van der Waals surface area contributed by atoms with Gasteiger partial charge in [-0.15, -0.1) is 0 Å². The van der Waals surface area contributed by atoms with Crippen LogP contribution in [0.15, 0.2) is 58.2 Å². The van der Waals surface area contributed by atoms with E-state index in [1.807, 2.05) is 12.1 Å². The van der Waals surface area contributed by atoms with E-state index in [1.165, 1.54) is 11.7 Å². The van der Waals surface area contributed by atoms with Gasteiger partial charge in [-0.3, -0.25) is 14.2 Å². The predicted octanol–water partition coefficient (Wildman–Crippen LogP) is 3.90. The van der Waals surface area contributed by atoms with Crippen LogP contribution in [0.25, 0.3) is 5.69 Å². The Bertz CT molecular complexity index is 1070. The van der Waals surface area contributed by atoms with E-state index in [0.29, 0.717) is 23.7 Å². The van der Waals surface area contributed by atoms with Crippen LogP contribution in [-0.2, 0) is 0 Å². The van der Waals surface area contributed by atoms with E-state index in [0.717, 1.165) is 31.4 Å². The molecule has 156 valence electrons. The van der Waals surface area contributed by atoms with Gasteiger partial charge in [0.15, 0.2) is 0 Å². The van der Waals surface area contributed by atoms with Gasteiger partial charge in [-0.05, 0) is 49.6 Å². The molecule has 1 unspecified atom stereocenters. The maximum absolute atomic E-state index is 13.6. The van der Waals surface area contributed by atoms with Crippen LogP contribution in [0, 0.1) is 6.92 Å². The number of furan rings is 1. The third-order valence-electron chi connectivity index (χ3n) is 5.61. The molecular formula is C23H25N3O4. The first-order valence-corrected chi connectivity index (χ1v) is 10.2. The van der Waals surface area contributed by atoms with E-state index in [2.05, 4.69) is 4.98 Å². The number of aromatic nitrogens is 2. The Kier molecular flexibility index (Phi) is 5.70. The molecule has 0 bridgehead atoms. The molecule has 0 N–H and O–H groups in total. The molecule has 3 aromatic heterocycles. The fourth-order valence-corrected chi connectivity index (χ4v) is 4.00. The molecule has 30 heavy (non-hydrogen) atoms. The van der Waals surface area contributed by atoms with Crippen LogP contribution < -0.4 is 10.3 Å². The van der Waals surface area contributed by atoms with Crippen molar-refractivity contribution in [1.29, 1.82) is 0 Å². The van der Waals surface area contributed by atoms with Gasteiger partial charge in [0.1, 0.15) is 11.3 Å². The lowest BCUT2D eigenvalue weighted by molar-refractivity contribution is 0.0655. The summed E-state index contributed by atoms with van der Waals surface area (Å²) in [4.78, 5) is 32.9. The van der Waals surface area contributed by atoms with Crippen molar-refractivity contribution in [3.8, 4) is 11.6 Å². The van der Waals surface area contributed by atoms with Crippen LogP contribution >= 0.6 is 0 Å². The third kappa shape index (κ3) is 3.75. The number of ether oxygens (including phenoxy) is 1. The van der Waals surface area contributed by atoms with E-state index in [1.54, 1.807) is 48.7 Å². The summed E-state index contributed by atoms with van der Waals surface area (Å²) in [6.07, 6.45) is 8.65. The molecule has 0 aromatic carbocycles. The first-order valence-electron chi connectivity index (χ1n) is 10.2. The molecule has 1 aliphatic heterocycles. The van der Waals surface area contributed by atoms with E-state index < -0.39 is 0 Å². The molecule has 0 spiro atoms. The van der Waals surface area contributed by atoms with Crippen LogP contribution in [0.5, 0.6) is 5.88 Å². The number of carbonyl (C=O) groups excluding carboxylic acids is 1. The molecule has 1 amide bonds. The highest BCUT2D eigenvalue weighted by atomic mass is 16.5. The number of carbonyl (C=O) groups is 1. The van der Waals surface area contributed by atoms with Crippen LogP contribution in [0.1, 0.15) is 53.4 Å². The van der Waals surface area contributed by atoms with Gasteiger partial charge < -0.3 is 14.1 Å². The quantitative estimate of drug-likeness (QED) is 0.655. The summed E-state index contributed by atoms with van der Waals surface area (Å²) in [5.74, 6) is 0.969. The highest BCUT2D eigenvalue weighted by molar-refractivity contribution is 5.95. The SMILES string of the molecule is COc1ccc(-n2ccc(C)c(C(=O)N3CCCCCC3c3ccco3)c2=O)cn1. The van der Waals surface area contributed by atoms with Crippen LogP contribution in [0.3, 0.4) is 0 Å². The smallest absolute Gasteiger partial charge is 0.268 e. The van der Waals surface area contributed by atoms with Crippen LogP contribution in [-0.4, -0.2) is 34.0 Å². The normalized spacial score (nSPS) is 16.9. The molecule has 1 aliphatic rings. The molecule has 1 fully saturated rings. The Labute approximate surface area is 174 Å². The highest BCUT2D eigenvalue weighted by Gasteiger charge is 2.31. The molecule has 1 atom stereocenters. The zero-order valence-electron chi connectivity index (χ0n) is 17.2. The maximum Gasteiger partial charge on any atom is 0.268 e. The van der Waals surface area contributed by atoms with E-state index in [4.69, 9.17) is 9.15 Å². The minimum atomic E-state index is -0.352. The molecule has 4 rings (SSSR count). The topological polar surface area (TPSA) is 77.6 Å². The Morgan fingerprint density at radius 3 is 2.77 bits per heavy atom. The Hall–Kier alpha value is -3.35. The summed E-state index contributed by atoms with van der Waals surface area (Å²) < 4.78 is 12.2. The van der Waals surface area contributed by atoms with Gasteiger partial charge in [0.25, 0.3) is 11.5 Å². The van der Waals surface area contributed by atoms with Crippen molar-refractivity contribution in [3.05, 3.63) is 76.2 Å². The Morgan fingerprint density at radius 1 is 1.20 bits per heavy atom. The number of methoxy groups -OCH3 is 1. The van der Waals surface area contributed by atoms with Crippen molar-refractivity contribution < 1.29 is 13.9 Å². The van der Waals surface area contributed by atoms with Crippen molar-refractivity contribution >= 4 is 5.91 Å². The van der Waals surface area contributed by atoms with Crippen molar-refractivity contribution in [2.45, 2.75) is 38.6 Å². The lowest BCUT2D eigenvalue weighted by Crippen LogP contribution is -2.39. The predicted molar refractivity (Wildman–Crippen MR) is 112 cm³/mol. The van der Waals surface area contributed by atoms with Crippen LogP contribution in [0.2, 0.25) is 0 Å². The lowest BCUT2D eigenvalue weighted by atomic mass is 10.0. The molecule has 0 saturated carbocycles. The molecule has 0 radical (unpaired) electrons. The number of pyridine rings is 2. The molecule has 4 heterocycles. The number of nitrogens with zero attached hydrogens (tertiary/aromatic N) is 3. The van der Waals surface area contributed by atoms with Gasteiger partial charge in [-0.2, -0.15) is 0 Å². The van der Waals surface area contributed by atoms with Crippen molar-refractivity contribution in [2.24, 2.45) is 0 Å². The fraction of sp³-hybridized carbons (Fsp3) is 0.348. The zero-order chi connectivity index (χ0) is 21.1. The first kappa shape index (κ1) is 19.9. The molecule has 0 aliphatic carbocycles. The fourth-order valence-electron chi connectivity index (χ4n) is 4.00. The van der Waals surface area contributed by atoms with Crippen molar-refractivity contribution in [3.63, 3.8) is 0 Å². The average molecular weight is 407 g/mol. The summed E-state index contributed by atoms with van der Waals surface area (Å²) in [5.41, 5.74) is 1.07. The van der Waals surface area contributed by atoms with E-state index in [-0.39, 0.29) is 23.1 Å². The van der Waals surface area contributed by atoms with E-state index >= 15 is 0 Å². The number of amides is 1. The summed E-state index contributed by atoms with van der Waals surface area (Å²) in [5, 5.41) is 0. The largest absolute Gasteiger partial charge is 0.481 e. The molecule has 7 nitrogen and oxygen atoms in total. The first-order chi connectivity index (χ1) is 14.6. The van der Waals surface area contributed by atoms with Gasteiger partial charge in [0.05, 0.1) is 31.3 Å². The summed E-state index contributed by atoms with van der Waals surface area (Å²) in [6, 6.07) is 8.79. The number of aryl methyl sites for hydroxylation is 1. The van der Waals surface area contributed by atoms with Gasteiger partial charge in [-0.25, -0.2) is 4.98 Å².